The highest BCUT2D eigenvalue weighted by atomic mass is 19.1. The Kier molecular flexibility index (Phi) is 4.71. The van der Waals surface area contributed by atoms with Gasteiger partial charge in [0.05, 0.1) is 5.56 Å². The number of halogens is 1. The molecule has 0 saturated carbocycles. The van der Waals surface area contributed by atoms with Crippen LogP contribution < -0.4 is 0 Å². The van der Waals surface area contributed by atoms with Crippen LogP contribution >= 0.6 is 0 Å². The summed E-state index contributed by atoms with van der Waals surface area (Å²) in [4.78, 5) is 12.5. The van der Waals surface area contributed by atoms with Crippen LogP contribution in [0.1, 0.15) is 21.5 Å². The summed E-state index contributed by atoms with van der Waals surface area (Å²) in [6.45, 7) is 1.72. The van der Waals surface area contributed by atoms with Gasteiger partial charge in [-0.1, -0.05) is 60.7 Å². The molecule has 2 nitrogen and oxygen atoms in total. The zero-order valence-corrected chi connectivity index (χ0v) is 13.3. The number of ether oxygens (including phenoxy) is 1. The summed E-state index contributed by atoms with van der Waals surface area (Å²) < 4.78 is 19.0. The molecule has 0 amide bonds. The largest absolute Gasteiger partial charge is 0.457 e. The van der Waals surface area contributed by atoms with Crippen molar-refractivity contribution in [1.29, 1.82) is 0 Å². The van der Waals surface area contributed by atoms with E-state index in [0.29, 0.717) is 16.7 Å². The summed E-state index contributed by atoms with van der Waals surface area (Å²) in [6.07, 6.45) is 0. The first kappa shape index (κ1) is 15.9. The Hall–Kier alpha value is -2.94. The smallest absolute Gasteiger partial charge is 0.339 e. The monoisotopic (exact) mass is 320 g/mol. The number of hydrogen-bond donors (Lipinski definition) is 0. The van der Waals surface area contributed by atoms with Crippen molar-refractivity contribution in [3.63, 3.8) is 0 Å². The fraction of sp³-hybridized carbons (Fsp3) is 0.0952. The molecule has 0 spiro atoms. The Labute approximate surface area is 140 Å². The van der Waals surface area contributed by atoms with Gasteiger partial charge in [-0.15, -0.1) is 0 Å². The van der Waals surface area contributed by atoms with E-state index >= 15 is 0 Å². The molecule has 0 saturated heterocycles. The molecule has 3 heteroatoms. The van der Waals surface area contributed by atoms with E-state index in [1.165, 1.54) is 6.07 Å². The average molecular weight is 320 g/mol. The second-order valence-corrected chi connectivity index (χ2v) is 5.51. The van der Waals surface area contributed by atoms with Crippen LogP contribution in [-0.4, -0.2) is 5.97 Å². The van der Waals surface area contributed by atoms with Crippen molar-refractivity contribution in [2.45, 2.75) is 13.5 Å². The molecule has 0 fully saturated rings. The maximum atomic E-state index is 13.6. The fourth-order valence-electron chi connectivity index (χ4n) is 2.56. The summed E-state index contributed by atoms with van der Waals surface area (Å²) >= 11 is 0. The van der Waals surface area contributed by atoms with Gasteiger partial charge in [0.1, 0.15) is 12.4 Å². The van der Waals surface area contributed by atoms with Gasteiger partial charge < -0.3 is 4.74 Å². The molecule has 0 atom stereocenters. The molecule has 3 aromatic carbocycles. The number of carbonyl (C=O) groups excluding carboxylic acids is 1. The van der Waals surface area contributed by atoms with Gasteiger partial charge in [0.25, 0.3) is 0 Å². The van der Waals surface area contributed by atoms with Crippen molar-refractivity contribution in [2.75, 3.05) is 0 Å². The molecule has 0 radical (unpaired) electrons. The Bertz CT molecular complexity index is 857. The molecule has 0 aliphatic carbocycles. The summed E-state index contributed by atoms with van der Waals surface area (Å²) in [5.41, 5.74) is 3.44. The number of benzene rings is 3. The van der Waals surface area contributed by atoms with Gasteiger partial charge in [0.2, 0.25) is 0 Å². The van der Waals surface area contributed by atoms with Crippen molar-refractivity contribution >= 4 is 5.97 Å². The molecule has 0 N–H and O–H groups in total. The van der Waals surface area contributed by atoms with E-state index < -0.39 is 5.97 Å². The predicted molar refractivity (Wildman–Crippen MR) is 92.1 cm³/mol. The van der Waals surface area contributed by atoms with E-state index in [2.05, 4.69) is 0 Å². The SMILES string of the molecule is Cc1c(F)cccc1COC(=O)c1ccccc1-c1ccccc1. The van der Waals surface area contributed by atoms with Gasteiger partial charge in [0, 0.05) is 0 Å². The van der Waals surface area contributed by atoms with E-state index in [9.17, 15) is 9.18 Å². The second-order valence-electron chi connectivity index (χ2n) is 5.51. The van der Waals surface area contributed by atoms with Crippen molar-refractivity contribution < 1.29 is 13.9 Å². The van der Waals surface area contributed by atoms with E-state index in [0.717, 1.165) is 11.1 Å². The topological polar surface area (TPSA) is 26.3 Å². The molecule has 3 rings (SSSR count). The molecule has 0 aliphatic heterocycles. The molecule has 24 heavy (non-hydrogen) atoms. The van der Waals surface area contributed by atoms with Gasteiger partial charge in [-0.25, -0.2) is 9.18 Å². The molecule has 0 heterocycles. The molecule has 0 unspecified atom stereocenters. The molecule has 0 aliphatic rings. The van der Waals surface area contributed by atoms with Crippen LogP contribution in [0.15, 0.2) is 72.8 Å². The van der Waals surface area contributed by atoms with Crippen LogP contribution in [0.3, 0.4) is 0 Å². The third kappa shape index (κ3) is 3.35. The molecule has 0 aromatic heterocycles. The van der Waals surface area contributed by atoms with Gasteiger partial charge in [0.15, 0.2) is 0 Å². The highest BCUT2D eigenvalue weighted by molar-refractivity contribution is 5.97. The number of hydrogen-bond acceptors (Lipinski definition) is 2. The van der Waals surface area contributed by atoms with Crippen LogP contribution in [0.2, 0.25) is 0 Å². The second kappa shape index (κ2) is 7.09. The quantitative estimate of drug-likeness (QED) is 0.621. The number of rotatable bonds is 4. The zero-order chi connectivity index (χ0) is 16.9. The first-order valence-electron chi connectivity index (χ1n) is 7.72. The zero-order valence-electron chi connectivity index (χ0n) is 13.3. The van der Waals surface area contributed by atoms with Gasteiger partial charge in [-0.3, -0.25) is 0 Å². The minimum Gasteiger partial charge on any atom is -0.457 e. The summed E-state index contributed by atoms with van der Waals surface area (Å²) in [6, 6.07) is 21.8. The molecule has 3 aromatic rings. The Morgan fingerprint density at radius 2 is 1.62 bits per heavy atom. The van der Waals surface area contributed by atoms with Crippen molar-refractivity contribution in [2.24, 2.45) is 0 Å². The normalized spacial score (nSPS) is 10.4. The molecular formula is C21H17FO2. The minimum atomic E-state index is -0.418. The van der Waals surface area contributed by atoms with Crippen LogP contribution in [0.25, 0.3) is 11.1 Å². The summed E-state index contributed by atoms with van der Waals surface area (Å²) in [5, 5.41) is 0. The Morgan fingerprint density at radius 3 is 2.42 bits per heavy atom. The first-order chi connectivity index (χ1) is 11.7. The molecular weight excluding hydrogens is 303 g/mol. The van der Waals surface area contributed by atoms with Crippen molar-refractivity contribution in [3.05, 3.63) is 95.3 Å². The highest BCUT2D eigenvalue weighted by Gasteiger charge is 2.14. The third-order valence-electron chi connectivity index (χ3n) is 3.97. The van der Waals surface area contributed by atoms with Gasteiger partial charge in [-0.05, 0) is 41.3 Å². The van der Waals surface area contributed by atoms with E-state index in [1.807, 2.05) is 42.5 Å². The standard InChI is InChI=1S/C21H17FO2/c1-15-17(10-7-13-20(15)22)14-24-21(23)19-12-6-5-11-18(19)16-8-3-2-4-9-16/h2-13H,14H2,1H3. The third-order valence-corrected chi connectivity index (χ3v) is 3.97. The Balaban J connectivity index is 1.82. The predicted octanol–water partition coefficient (Wildman–Crippen LogP) is 5.16. The van der Waals surface area contributed by atoms with Crippen LogP contribution in [0.5, 0.6) is 0 Å². The van der Waals surface area contributed by atoms with E-state index in [-0.39, 0.29) is 12.4 Å². The maximum Gasteiger partial charge on any atom is 0.339 e. The molecule has 0 bridgehead atoms. The van der Waals surface area contributed by atoms with E-state index in [4.69, 9.17) is 4.74 Å². The van der Waals surface area contributed by atoms with Gasteiger partial charge in [-0.2, -0.15) is 0 Å². The average Bonchev–Trinajstić information content (AvgIpc) is 2.63. The summed E-state index contributed by atoms with van der Waals surface area (Å²) in [7, 11) is 0. The van der Waals surface area contributed by atoms with Crippen molar-refractivity contribution in [3.8, 4) is 11.1 Å². The number of carbonyl (C=O) groups is 1. The lowest BCUT2D eigenvalue weighted by Gasteiger charge is -2.11. The number of esters is 1. The van der Waals surface area contributed by atoms with Crippen LogP contribution in [0.4, 0.5) is 4.39 Å². The van der Waals surface area contributed by atoms with E-state index in [1.54, 1.807) is 31.2 Å². The lowest BCUT2D eigenvalue weighted by atomic mass is 10.00. The minimum absolute atomic E-state index is 0.0472. The Morgan fingerprint density at radius 1 is 0.917 bits per heavy atom. The maximum absolute atomic E-state index is 13.6. The first-order valence-corrected chi connectivity index (χ1v) is 7.72. The van der Waals surface area contributed by atoms with Crippen LogP contribution in [-0.2, 0) is 11.3 Å². The van der Waals surface area contributed by atoms with Gasteiger partial charge >= 0.3 is 5.97 Å². The van der Waals surface area contributed by atoms with Crippen LogP contribution in [0, 0.1) is 12.7 Å². The van der Waals surface area contributed by atoms with Crippen molar-refractivity contribution in [1.82, 2.24) is 0 Å². The lowest BCUT2D eigenvalue weighted by molar-refractivity contribution is 0.0472. The summed E-state index contributed by atoms with van der Waals surface area (Å²) in [5.74, 6) is -0.716. The highest BCUT2D eigenvalue weighted by Crippen LogP contribution is 2.24. The lowest BCUT2D eigenvalue weighted by Crippen LogP contribution is -2.08. The molecule has 120 valence electrons. The fourth-order valence-corrected chi connectivity index (χ4v) is 2.56.